The van der Waals surface area contributed by atoms with Crippen LogP contribution in [0, 0.1) is 18.8 Å². The zero-order valence-corrected chi connectivity index (χ0v) is 6.09. The molecule has 1 rings (SSSR count). The minimum absolute atomic E-state index is 0.481. The summed E-state index contributed by atoms with van der Waals surface area (Å²) in [5.41, 5.74) is 1.34. The molecule has 0 saturated carbocycles. The Kier molecular flexibility index (Phi) is 1.75. The molecule has 50 valence electrons. The van der Waals surface area contributed by atoms with Gasteiger partial charge in [0.05, 0.1) is 0 Å². The first-order valence-corrected chi connectivity index (χ1v) is 3.40. The third-order valence-corrected chi connectivity index (χ3v) is 1.81. The maximum absolute atomic E-state index is 4.00. The molecule has 9 heavy (non-hydrogen) atoms. The van der Waals surface area contributed by atoms with Crippen LogP contribution in [0.2, 0.25) is 0 Å². The Hall–Kier alpha value is -0.520. The summed E-state index contributed by atoms with van der Waals surface area (Å²) in [7, 11) is 0. The number of hydrogen-bond donors (Lipinski definition) is 0. The summed E-state index contributed by atoms with van der Waals surface area (Å²) in [6.45, 7) is 8.30. The molecule has 0 aromatic carbocycles. The lowest BCUT2D eigenvalue weighted by Crippen LogP contribution is -2.05. The molecule has 0 spiro atoms. The van der Waals surface area contributed by atoms with Crippen molar-refractivity contribution >= 4 is 0 Å². The second-order valence-electron chi connectivity index (χ2n) is 2.79. The van der Waals surface area contributed by atoms with Gasteiger partial charge < -0.3 is 6.92 Å². The van der Waals surface area contributed by atoms with Gasteiger partial charge in [-0.1, -0.05) is 24.6 Å². The Morgan fingerprint density at radius 1 is 1.56 bits per heavy atom. The molecule has 2 atom stereocenters. The molecule has 0 bridgehead atoms. The van der Waals surface area contributed by atoms with Gasteiger partial charge in [-0.05, 0) is 12.8 Å². The van der Waals surface area contributed by atoms with E-state index in [9.17, 15) is 0 Å². The van der Waals surface area contributed by atoms with Crippen molar-refractivity contribution in [3.05, 3.63) is 30.7 Å². The maximum Gasteiger partial charge on any atom is -0.0402 e. The average molecular weight is 121 g/mol. The molecule has 0 fully saturated rings. The average Bonchev–Trinajstić information content (AvgIpc) is 1.80. The molecule has 0 amide bonds. The highest BCUT2D eigenvalue weighted by atomic mass is 14.1. The zero-order valence-electron chi connectivity index (χ0n) is 6.09. The summed E-state index contributed by atoms with van der Waals surface area (Å²) in [6.07, 6.45) is 6.59. The smallest absolute Gasteiger partial charge is 0.0402 e. The number of rotatable bonds is 0. The van der Waals surface area contributed by atoms with Crippen LogP contribution in [-0.4, -0.2) is 0 Å². The molecule has 0 aromatic rings. The first kappa shape index (κ1) is 6.60. The highest BCUT2D eigenvalue weighted by Crippen LogP contribution is 2.20. The second-order valence-corrected chi connectivity index (χ2v) is 2.79. The molecule has 0 saturated heterocycles. The molecule has 2 unspecified atom stereocenters. The molecule has 0 aromatic heterocycles. The molecule has 0 radical (unpaired) electrons. The molecular weight excluding hydrogens is 108 g/mol. The van der Waals surface area contributed by atoms with Crippen LogP contribution >= 0.6 is 0 Å². The van der Waals surface area contributed by atoms with Gasteiger partial charge in [0.1, 0.15) is 0 Å². The minimum Gasteiger partial charge on any atom is -0.336 e. The Balaban J connectivity index is 2.70. The van der Waals surface area contributed by atoms with Crippen molar-refractivity contribution in [3.8, 4) is 0 Å². The van der Waals surface area contributed by atoms with E-state index in [0.29, 0.717) is 11.8 Å². The topological polar surface area (TPSA) is 0 Å². The van der Waals surface area contributed by atoms with Crippen LogP contribution < -0.4 is 0 Å². The second kappa shape index (κ2) is 2.38. The van der Waals surface area contributed by atoms with E-state index >= 15 is 0 Å². The van der Waals surface area contributed by atoms with Crippen LogP contribution in [0.25, 0.3) is 0 Å². The first-order valence-electron chi connectivity index (χ1n) is 3.40. The van der Waals surface area contributed by atoms with Crippen molar-refractivity contribution in [2.45, 2.75) is 13.8 Å². The maximum atomic E-state index is 4.00. The summed E-state index contributed by atoms with van der Waals surface area (Å²) in [5, 5.41) is 0. The molecule has 0 heterocycles. The molecular formula is C9H13-. The standard InChI is InChI=1S/C9H13/c1-7-4-5-8(2)9(3)6-7/h4-6,8-9H,3H2,1-2H3/q-1. The van der Waals surface area contributed by atoms with Gasteiger partial charge in [0.15, 0.2) is 0 Å². The van der Waals surface area contributed by atoms with Crippen LogP contribution in [0.1, 0.15) is 13.8 Å². The van der Waals surface area contributed by atoms with Crippen molar-refractivity contribution in [2.75, 3.05) is 0 Å². The Morgan fingerprint density at radius 3 is 2.67 bits per heavy atom. The highest BCUT2D eigenvalue weighted by Gasteiger charge is 2.03. The predicted octanol–water partition coefficient (Wildman–Crippen LogP) is 2.59. The SMILES string of the molecule is [CH2-]C1C=C(C)C=CC1C. The minimum atomic E-state index is 0.481. The van der Waals surface area contributed by atoms with Gasteiger partial charge in [0, 0.05) is 0 Å². The van der Waals surface area contributed by atoms with Gasteiger partial charge >= 0.3 is 0 Å². The van der Waals surface area contributed by atoms with E-state index < -0.39 is 0 Å². The molecule has 1 aliphatic carbocycles. The van der Waals surface area contributed by atoms with Crippen LogP contribution in [0.3, 0.4) is 0 Å². The van der Waals surface area contributed by atoms with Gasteiger partial charge in [-0.2, -0.15) is 0 Å². The van der Waals surface area contributed by atoms with E-state index in [-0.39, 0.29) is 0 Å². The lowest BCUT2D eigenvalue weighted by molar-refractivity contribution is 0.597. The van der Waals surface area contributed by atoms with E-state index in [4.69, 9.17) is 0 Å². The monoisotopic (exact) mass is 121 g/mol. The summed E-state index contributed by atoms with van der Waals surface area (Å²) in [4.78, 5) is 0. The number of hydrogen-bond acceptors (Lipinski definition) is 0. The fourth-order valence-corrected chi connectivity index (χ4v) is 0.991. The van der Waals surface area contributed by atoms with E-state index in [1.807, 2.05) is 0 Å². The van der Waals surface area contributed by atoms with Crippen molar-refractivity contribution < 1.29 is 0 Å². The van der Waals surface area contributed by atoms with Crippen molar-refractivity contribution in [2.24, 2.45) is 11.8 Å². The highest BCUT2D eigenvalue weighted by molar-refractivity contribution is 5.23. The Labute approximate surface area is 57.3 Å². The summed E-state index contributed by atoms with van der Waals surface area (Å²) < 4.78 is 0. The fraction of sp³-hybridized carbons (Fsp3) is 0.444. The van der Waals surface area contributed by atoms with E-state index in [1.54, 1.807) is 0 Å². The van der Waals surface area contributed by atoms with Crippen LogP contribution in [-0.2, 0) is 0 Å². The lowest BCUT2D eigenvalue weighted by atomic mass is 9.89. The van der Waals surface area contributed by atoms with Gasteiger partial charge in [0.25, 0.3) is 0 Å². The van der Waals surface area contributed by atoms with Crippen LogP contribution in [0.4, 0.5) is 0 Å². The van der Waals surface area contributed by atoms with Crippen molar-refractivity contribution in [1.82, 2.24) is 0 Å². The van der Waals surface area contributed by atoms with Crippen LogP contribution in [0.5, 0.6) is 0 Å². The van der Waals surface area contributed by atoms with Gasteiger partial charge in [-0.25, -0.2) is 0 Å². The molecule has 0 aliphatic heterocycles. The van der Waals surface area contributed by atoms with Crippen molar-refractivity contribution in [1.29, 1.82) is 0 Å². The summed E-state index contributed by atoms with van der Waals surface area (Å²) in [6, 6.07) is 0. The number of allylic oxidation sites excluding steroid dienone is 4. The normalized spacial score (nSPS) is 34.3. The Bertz CT molecular complexity index is 151. The molecule has 1 aliphatic rings. The quantitative estimate of drug-likeness (QED) is 0.432. The van der Waals surface area contributed by atoms with Gasteiger partial charge in [0.2, 0.25) is 0 Å². The van der Waals surface area contributed by atoms with E-state index in [0.717, 1.165) is 0 Å². The molecule has 0 N–H and O–H groups in total. The fourth-order valence-electron chi connectivity index (χ4n) is 0.991. The predicted molar refractivity (Wildman–Crippen MR) is 40.9 cm³/mol. The van der Waals surface area contributed by atoms with Gasteiger partial charge in [-0.3, -0.25) is 0 Å². The van der Waals surface area contributed by atoms with Crippen LogP contribution in [0.15, 0.2) is 23.8 Å². The molecule has 0 heteroatoms. The Morgan fingerprint density at radius 2 is 2.22 bits per heavy atom. The molecule has 0 nitrogen and oxygen atoms in total. The zero-order chi connectivity index (χ0) is 6.85. The van der Waals surface area contributed by atoms with Gasteiger partial charge in [-0.15, -0.1) is 12.0 Å². The largest absolute Gasteiger partial charge is 0.336 e. The van der Waals surface area contributed by atoms with Crippen molar-refractivity contribution in [3.63, 3.8) is 0 Å². The third kappa shape index (κ3) is 1.44. The van der Waals surface area contributed by atoms with E-state index in [2.05, 4.69) is 39.0 Å². The summed E-state index contributed by atoms with van der Waals surface area (Å²) >= 11 is 0. The third-order valence-electron chi connectivity index (χ3n) is 1.81. The first-order chi connectivity index (χ1) is 4.20. The lowest BCUT2D eigenvalue weighted by Gasteiger charge is -2.23. The van der Waals surface area contributed by atoms with E-state index in [1.165, 1.54) is 5.57 Å². The summed E-state index contributed by atoms with van der Waals surface area (Å²) in [5.74, 6) is 1.10.